The molecule has 1 saturated heterocycles. The minimum absolute atomic E-state index is 0.00130. The van der Waals surface area contributed by atoms with Gasteiger partial charge in [-0.1, -0.05) is 59.6 Å². The van der Waals surface area contributed by atoms with Gasteiger partial charge in [-0.3, -0.25) is 14.5 Å². The second kappa shape index (κ2) is 8.10. The summed E-state index contributed by atoms with van der Waals surface area (Å²) in [5.74, 6) is -1.79. The molecule has 1 aliphatic heterocycles. The Morgan fingerprint density at radius 3 is 2.33 bits per heavy atom. The van der Waals surface area contributed by atoms with Crippen molar-refractivity contribution in [3.05, 3.63) is 106 Å². The van der Waals surface area contributed by atoms with Crippen LogP contribution in [0.25, 0.3) is 16.7 Å². The highest BCUT2D eigenvalue weighted by Crippen LogP contribution is 2.45. The summed E-state index contributed by atoms with van der Waals surface area (Å²) in [6.07, 6.45) is 1.88. The first-order valence-electron chi connectivity index (χ1n) is 10.2. The quantitative estimate of drug-likeness (QED) is 0.220. The number of nitrogens with zero attached hydrogens (tertiary/aromatic N) is 2. The van der Waals surface area contributed by atoms with Gasteiger partial charge in [-0.15, -0.1) is 0 Å². The maximum atomic E-state index is 13.3. The lowest BCUT2D eigenvalue weighted by atomic mass is 9.94. The molecule has 164 valence electrons. The number of fused-ring (bicyclic) bond motifs is 1. The molecule has 1 unspecified atom stereocenters. The molecule has 0 spiro atoms. The number of carbonyl (C=O) groups is 2. The van der Waals surface area contributed by atoms with Crippen LogP contribution in [0.5, 0.6) is 0 Å². The SMILES string of the molecule is Cn1cc(C2/C(=C(\O)c3cccc(Cl)c3)C(=O)C(=O)N2c2cccc(Cl)c2)c2ccccc21. The van der Waals surface area contributed by atoms with Gasteiger partial charge in [0.15, 0.2) is 0 Å². The number of hydrogen-bond acceptors (Lipinski definition) is 3. The number of rotatable bonds is 3. The fourth-order valence-electron chi connectivity index (χ4n) is 4.40. The molecule has 1 aromatic heterocycles. The van der Waals surface area contributed by atoms with Crippen molar-refractivity contribution in [3.8, 4) is 0 Å². The Labute approximate surface area is 200 Å². The molecule has 0 saturated carbocycles. The molecule has 7 heteroatoms. The fourth-order valence-corrected chi connectivity index (χ4v) is 4.78. The van der Waals surface area contributed by atoms with Crippen molar-refractivity contribution in [3.63, 3.8) is 0 Å². The third kappa shape index (κ3) is 3.50. The van der Waals surface area contributed by atoms with Gasteiger partial charge in [0, 0.05) is 51.0 Å². The summed E-state index contributed by atoms with van der Waals surface area (Å²) in [4.78, 5) is 28.0. The molecule has 2 heterocycles. The van der Waals surface area contributed by atoms with Crippen LogP contribution in [0.15, 0.2) is 84.6 Å². The Kier molecular flexibility index (Phi) is 5.23. The Balaban J connectivity index is 1.82. The van der Waals surface area contributed by atoms with E-state index in [1.807, 2.05) is 42.1 Å². The second-order valence-electron chi connectivity index (χ2n) is 7.87. The van der Waals surface area contributed by atoms with Crippen LogP contribution < -0.4 is 4.90 Å². The predicted octanol–water partition coefficient (Wildman–Crippen LogP) is 6.11. The lowest BCUT2D eigenvalue weighted by Crippen LogP contribution is -2.29. The number of amides is 1. The lowest BCUT2D eigenvalue weighted by molar-refractivity contribution is -0.132. The average molecular weight is 477 g/mol. The largest absolute Gasteiger partial charge is 0.507 e. The first kappa shape index (κ1) is 21.3. The number of hydrogen-bond donors (Lipinski definition) is 1. The zero-order chi connectivity index (χ0) is 23.3. The monoisotopic (exact) mass is 476 g/mol. The van der Waals surface area contributed by atoms with E-state index in [9.17, 15) is 14.7 Å². The van der Waals surface area contributed by atoms with Crippen molar-refractivity contribution in [1.29, 1.82) is 0 Å². The molecule has 1 amide bonds. The van der Waals surface area contributed by atoms with E-state index in [1.54, 1.807) is 48.5 Å². The van der Waals surface area contributed by atoms with Crippen LogP contribution in [-0.4, -0.2) is 21.4 Å². The van der Waals surface area contributed by atoms with Gasteiger partial charge in [0.05, 0.1) is 11.6 Å². The summed E-state index contributed by atoms with van der Waals surface area (Å²) in [6.45, 7) is 0. The maximum absolute atomic E-state index is 13.3. The molecule has 3 aromatic carbocycles. The molecular formula is C26H18Cl2N2O3. The summed E-state index contributed by atoms with van der Waals surface area (Å²) in [5, 5.41) is 13.0. The standard InChI is InChI=1S/C26H18Cl2N2O3/c1-29-14-20(19-10-2-3-11-21(19)29)23-22(24(31)15-6-4-7-16(27)12-15)25(32)26(33)30(23)18-9-5-8-17(28)13-18/h2-14,23,31H,1H3/b24-22+. The van der Waals surface area contributed by atoms with E-state index in [0.29, 0.717) is 21.3 Å². The number of Topliss-reactive ketones (excluding diaryl/α,β-unsaturated/α-hetero) is 1. The highest BCUT2D eigenvalue weighted by molar-refractivity contribution is 6.52. The van der Waals surface area contributed by atoms with Crippen LogP contribution in [0, 0.1) is 0 Å². The molecular weight excluding hydrogens is 459 g/mol. The molecule has 5 nitrogen and oxygen atoms in total. The van der Waals surface area contributed by atoms with Crippen LogP contribution in [0.3, 0.4) is 0 Å². The van der Waals surface area contributed by atoms with Gasteiger partial charge in [-0.2, -0.15) is 0 Å². The first-order chi connectivity index (χ1) is 15.9. The second-order valence-corrected chi connectivity index (χ2v) is 8.74. The number of para-hydroxylation sites is 1. The van der Waals surface area contributed by atoms with E-state index in [2.05, 4.69) is 0 Å². The molecule has 0 bridgehead atoms. The number of anilines is 1. The molecule has 1 N–H and O–H groups in total. The van der Waals surface area contributed by atoms with Gasteiger partial charge >= 0.3 is 0 Å². The summed E-state index contributed by atoms with van der Waals surface area (Å²) in [5.41, 5.74) is 2.48. The molecule has 1 aliphatic rings. The summed E-state index contributed by atoms with van der Waals surface area (Å²) in [7, 11) is 1.90. The van der Waals surface area contributed by atoms with E-state index < -0.39 is 17.7 Å². The van der Waals surface area contributed by atoms with Gasteiger partial charge in [0.2, 0.25) is 0 Å². The number of aliphatic hydroxyl groups excluding tert-OH is 1. The Morgan fingerprint density at radius 2 is 1.61 bits per heavy atom. The van der Waals surface area contributed by atoms with E-state index in [-0.39, 0.29) is 11.3 Å². The van der Waals surface area contributed by atoms with E-state index in [4.69, 9.17) is 23.2 Å². The number of benzene rings is 3. The molecule has 0 radical (unpaired) electrons. The Morgan fingerprint density at radius 1 is 0.909 bits per heavy atom. The highest BCUT2D eigenvalue weighted by Gasteiger charge is 2.47. The van der Waals surface area contributed by atoms with Gasteiger partial charge in [-0.05, 0) is 36.4 Å². The minimum Gasteiger partial charge on any atom is -0.507 e. The van der Waals surface area contributed by atoms with Crippen LogP contribution >= 0.6 is 23.2 Å². The van der Waals surface area contributed by atoms with E-state index in [1.165, 1.54) is 4.90 Å². The lowest BCUT2D eigenvalue weighted by Gasteiger charge is -2.25. The number of halogens is 2. The molecule has 1 fully saturated rings. The number of aromatic nitrogens is 1. The average Bonchev–Trinajstić information content (AvgIpc) is 3.27. The molecule has 33 heavy (non-hydrogen) atoms. The van der Waals surface area contributed by atoms with Crippen molar-refractivity contribution < 1.29 is 14.7 Å². The van der Waals surface area contributed by atoms with Crippen molar-refractivity contribution in [1.82, 2.24) is 4.57 Å². The Bertz CT molecular complexity index is 1470. The summed E-state index contributed by atoms with van der Waals surface area (Å²) < 4.78 is 1.93. The highest BCUT2D eigenvalue weighted by atomic mass is 35.5. The first-order valence-corrected chi connectivity index (χ1v) is 11.0. The zero-order valence-corrected chi connectivity index (χ0v) is 19.0. The van der Waals surface area contributed by atoms with Gasteiger partial charge in [0.1, 0.15) is 5.76 Å². The van der Waals surface area contributed by atoms with Gasteiger partial charge in [-0.25, -0.2) is 0 Å². The third-order valence-corrected chi connectivity index (χ3v) is 6.32. The normalized spacial score (nSPS) is 17.8. The Hall–Kier alpha value is -3.54. The van der Waals surface area contributed by atoms with Gasteiger partial charge in [0.25, 0.3) is 11.7 Å². The smallest absolute Gasteiger partial charge is 0.300 e. The van der Waals surface area contributed by atoms with Gasteiger partial charge < -0.3 is 9.67 Å². The van der Waals surface area contributed by atoms with Crippen molar-refractivity contribution in [2.45, 2.75) is 6.04 Å². The van der Waals surface area contributed by atoms with Crippen LogP contribution in [0.2, 0.25) is 10.0 Å². The molecule has 1 atom stereocenters. The van der Waals surface area contributed by atoms with Crippen molar-refractivity contribution in [2.75, 3.05) is 4.90 Å². The molecule has 4 aromatic rings. The minimum atomic E-state index is -0.853. The van der Waals surface area contributed by atoms with Crippen LogP contribution in [0.4, 0.5) is 5.69 Å². The predicted molar refractivity (Wildman–Crippen MR) is 131 cm³/mol. The molecule has 0 aliphatic carbocycles. The summed E-state index contributed by atoms with van der Waals surface area (Å²) >= 11 is 12.3. The number of ketones is 1. The molecule has 5 rings (SSSR count). The third-order valence-electron chi connectivity index (χ3n) is 5.85. The number of carbonyl (C=O) groups excluding carboxylic acids is 2. The maximum Gasteiger partial charge on any atom is 0.300 e. The van der Waals surface area contributed by atoms with Crippen molar-refractivity contribution >= 4 is 57.2 Å². The fraction of sp³-hybridized carbons (Fsp3) is 0.0769. The number of aliphatic hydroxyl groups is 1. The van der Waals surface area contributed by atoms with Crippen molar-refractivity contribution in [2.24, 2.45) is 7.05 Å². The van der Waals surface area contributed by atoms with Crippen LogP contribution in [-0.2, 0) is 16.6 Å². The number of aryl methyl sites for hydroxylation is 1. The van der Waals surface area contributed by atoms with E-state index in [0.717, 1.165) is 16.5 Å². The topological polar surface area (TPSA) is 62.5 Å². The zero-order valence-electron chi connectivity index (χ0n) is 17.5. The summed E-state index contributed by atoms with van der Waals surface area (Å²) in [6, 6.07) is 20.2. The van der Waals surface area contributed by atoms with E-state index >= 15 is 0 Å². The van der Waals surface area contributed by atoms with Crippen LogP contribution in [0.1, 0.15) is 17.2 Å².